The normalized spacial score (nSPS) is 9.73. The van der Waals surface area contributed by atoms with Gasteiger partial charge in [0.05, 0.1) is 0 Å². The molecule has 0 bridgehead atoms. The van der Waals surface area contributed by atoms with Crippen molar-refractivity contribution < 1.29 is 14.4 Å². The van der Waals surface area contributed by atoms with Crippen LogP contribution in [0, 0.1) is 0 Å². The van der Waals surface area contributed by atoms with Crippen molar-refractivity contribution in [2.45, 2.75) is 0 Å². The van der Waals surface area contributed by atoms with E-state index in [2.05, 4.69) is 25.0 Å². The molecule has 1 heterocycles. The molecule has 0 aliphatic carbocycles. The van der Waals surface area contributed by atoms with Crippen LogP contribution in [0.25, 0.3) is 5.53 Å². The molecule has 0 radical (unpaired) electrons. The first-order chi connectivity index (χ1) is 10.6. The number of halogens is 1. The Kier molecular flexibility index (Phi) is 4.95. The van der Waals surface area contributed by atoms with Gasteiger partial charge in [-0.25, -0.2) is 0 Å². The lowest BCUT2D eigenvalue weighted by molar-refractivity contribution is -0.118. The van der Waals surface area contributed by atoms with Crippen LogP contribution in [-0.2, 0) is 4.79 Å². The second kappa shape index (κ2) is 6.90. The number of anilines is 1. The first-order valence-corrected chi connectivity index (χ1v) is 7.05. The van der Waals surface area contributed by atoms with E-state index in [0.717, 1.165) is 11.5 Å². The minimum Gasteiger partial charge on any atom is -0.360 e. The van der Waals surface area contributed by atoms with Crippen molar-refractivity contribution in [3.63, 3.8) is 0 Å². The largest absolute Gasteiger partial charge is 0.400 e. The summed E-state index contributed by atoms with van der Waals surface area (Å²) in [4.78, 5) is 26.8. The van der Waals surface area contributed by atoms with Gasteiger partial charge < -0.3 is 16.2 Å². The Morgan fingerprint density at radius 2 is 2.00 bits per heavy atom. The number of nitrogens with zero attached hydrogens (tertiary/aromatic N) is 4. The number of hydrogen-bond donors (Lipinski definition) is 2. The van der Waals surface area contributed by atoms with E-state index in [4.69, 9.17) is 17.1 Å². The van der Waals surface area contributed by atoms with Crippen molar-refractivity contribution >= 4 is 46.3 Å². The first kappa shape index (κ1) is 15.8. The monoisotopic (exact) mass is 336 g/mol. The maximum absolute atomic E-state index is 12.2. The predicted molar refractivity (Wildman–Crippen MR) is 81.1 cm³/mol. The van der Waals surface area contributed by atoms with Crippen molar-refractivity contribution in [2.75, 3.05) is 12.4 Å². The summed E-state index contributed by atoms with van der Waals surface area (Å²) >= 11 is 6.54. The van der Waals surface area contributed by atoms with Gasteiger partial charge in [0, 0.05) is 17.8 Å². The van der Waals surface area contributed by atoms with Gasteiger partial charge in [-0.05, 0) is 35.8 Å². The quantitative estimate of drug-likeness (QED) is 0.495. The third-order valence-corrected chi connectivity index (χ3v) is 3.55. The first-order valence-electron chi connectivity index (χ1n) is 5.90. The summed E-state index contributed by atoms with van der Waals surface area (Å²) in [6.07, 6.45) is 0. The van der Waals surface area contributed by atoms with Crippen LogP contribution in [0.2, 0.25) is 5.02 Å². The molecule has 2 aromatic rings. The third kappa shape index (κ3) is 3.34. The molecule has 2 N–H and O–H groups in total. The zero-order chi connectivity index (χ0) is 16.1. The van der Waals surface area contributed by atoms with E-state index in [0.29, 0.717) is 10.7 Å². The molecule has 0 spiro atoms. The van der Waals surface area contributed by atoms with Crippen LogP contribution in [0.3, 0.4) is 0 Å². The van der Waals surface area contributed by atoms with Crippen LogP contribution < -0.4 is 10.6 Å². The lowest BCUT2D eigenvalue weighted by Gasteiger charge is -2.03. The number of hydrogen-bond acceptors (Lipinski definition) is 5. The zero-order valence-electron chi connectivity index (χ0n) is 11.2. The molecule has 10 heteroatoms. The molecular formula is C12H9ClN6O2S. The fourth-order valence-corrected chi connectivity index (χ4v) is 2.30. The average molecular weight is 337 g/mol. The Balaban J connectivity index is 2.28. The summed E-state index contributed by atoms with van der Waals surface area (Å²) in [5.74, 6) is -1.25. The molecule has 0 fully saturated rings. The number of carbonyl (C=O) groups is 2. The fourth-order valence-electron chi connectivity index (χ4n) is 1.53. The topological polar surface area (TPSA) is 120 Å². The number of likely N-dealkylation sites (N-methyl/N-ethyl adjacent to an activating group) is 1. The van der Waals surface area contributed by atoms with E-state index in [9.17, 15) is 9.59 Å². The van der Waals surface area contributed by atoms with Crippen LogP contribution in [0.5, 0.6) is 0 Å². The summed E-state index contributed by atoms with van der Waals surface area (Å²) in [5, 5.41) is 9.09. The van der Waals surface area contributed by atoms with Gasteiger partial charge in [0.15, 0.2) is 10.6 Å². The van der Waals surface area contributed by atoms with Crippen LogP contribution in [0.4, 0.5) is 5.69 Å². The van der Waals surface area contributed by atoms with Crippen LogP contribution in [0.15, 0.2) is 24.3 Å². The molecule has 2 rings (SSSR count). The van der Waals surface area contributed by atoms with E-state index in [1.807, 2.05) is 0 Å². The maximum atomic E-state index is 12.2. The van der Waals surface area contributed by atoms with Crippen molar-refractivity contribution in [2.24, 2.45) is 0 Å². The summed E-state index contributed by atoms with van der Waals surface area (Å²) in [5.41, 5.74) is 9.00. The summed E-state index contributed by atoms with van der Waals surface area (Å²) < 4.78 is 3.62. The molecule has 2 amide bonds. The Bertz CT molecular complexity index is 766. The van der Waals surface area contributed by atoms with Crippen molar-refractivity contribution in [3.8, 4) is 0 Å². The van der Waals surface area contributed by atoms with Crippen LogP contribution >= 0.6 is 23.1 Å². The van der Waals surface area contributed by atoms with E-state index >= 15 is 0 Å². The maximum Gasteiger partial charge on any atom is 0.400 e. The lowest BCUT2D eigenvalue weighted by atomic mass is 10.2. The number of rotatable bonds is 4. The van der Waals surface area contributed by atoms with Crippen molar-refractivity contribution in [1.82, 2.24) is 14.9 Å². The molecule has 112 valence electrons. The smallest absolute Gasteiger partial charge is 0.360 e. The number of nitrogens with one attached hydrogen (secondary N) is 2. The number of benzene rings is 1. The Hall–Kier alpha value is -2.61. The minimum absolute atomic E-state index is 0.0633. The van der Waals surface area contributed by atoms with Crippen molar-refractivity contribution in [3.05, 3.63) is 45.4 Å². The van der Waals surface area contributed by atoms with E-state index in [1.165, 1.54) is 7.05 Å². The molecule has 22 heavy (non-hydrogen) atoms. The van der Waals surface area contributed by atoms with E-state index in [1.54, 1.807) is 24.3 Å². The highest BCUT2D eigenvalue weighted by molar-refractivity contribution is 7.09. The average Bonchev–Trinajstić information content (AvgIpc) is 2.99. The van der Waals surface area contributed by atoms with Gasteiger partial charge in [-0.15, -0.1) is 5.10 Å². The van der Waals surface area contributed by atoms with Crippen LogP contribution in [-0.4, -0.2) is 39.0 Å². The summed E-state index contributed by atoms with van der Waals surface area (Å²) in [6, 6.07) is 6.45. The highest BCUT2D eigenvalue weighted by Crippen LogP contribution is 2.16. The molecule has 1 aromatic carbocycles. The highest BCUT2D eigenvalue weighted by Gasteiger charge is 2.31. The van der Waals surface area contributed by atoms with Gasteiger partial charge in [-0.3, -0.25) is 9.59 Å². The minimum atomic E-state index is -0.658. The third-order valence-electron chi connectivity index (χ3n) is 2.56. The second-order valence-electron chi connectivity index (χ2n) is 3.94. The standard InChI is InChI=1S/C12H9ClN6O2S/c1-15-11(20)8(17-14)10-9(18-19-22-10)12(21)16-7-4-2-6(13)3-5-7/h2-5H,1H3,(H,15,20)(H,16,21). The fraction of sp³-hybridized carbons (Fsp3) is 0.0833. The Morgan fingerprint density at radius 1 is 1.32 bits per heavy atom. The number of amides is 2. The van der Waals surface area contributed by atoms with Gasteiger partial charge in [0.25, 0.3) is 5.91 Å². The Labute approximate surface area is 133 Å². The molecule has 0 aliphatic rings. The second-order valence-corrected chi connectivity index (χ2v) is 5.13. The molecule has 8 nitrogen and oxygen atoms in total. The number of aromatic nitrogens is 2. The van der Waals surface area contributed by atoms with Gasteiger partial charge in [-0.2, -0.15) is 4.79 Å². The molecule has 0 saturated heterocycles. The van der Waals surface area contributed by atoms with Crippen LogP contribution in [0.1, 0.15) is 15.4 Å². The molecule has 0 unspecified atom stereocenters. The van der Waals surface area contributed by atoms with Crippen molar-refractivity contribution in [1.29, 1.82) is 0 Å². The highest BCUT2D eigenvalue weighted by atomic mass is 35.5. The predicted octanol–water partition coefficient (Wildman–Crippen LogP) is 1.21. The number of carbonyl (C=O) groups excluding carboxylic acids is 2. The summed E-state index contributed by atoms with van der Waals surface area (Å²) in [7, 11) is 1.37. The molecular weight excluding hydrogens is 328 g/mol. The molecule has 0 atom stereocenters. The zero-order valence-corrected chi connectivity index (χ0v) is 12.8. The van der Waals surface area contributed by atoms with E-state index < -0.39 is 11.8 Å². The lowest BCUT2D eigenvalue weighted by Crippen LogP contribution is -2.30. The molecule has 0 aliphatic heterocycles. The summed E-state index contributed by atoms with van der Waals surface area (Å²) in [6.45, 7) is 0. The van der Waals surface area contributed by atoms with Gasteiger partial charge in [0.1, 0.15) is 0 Å². The molecule has 1 aromatic heterocycles. The molecule has 0 saturated carbocycles. The SMILES string of the molecule is CNC(=O)C(=[N+]=[N-])c1snnc1C(=O)Nc1ccc(Cl)cc1. The van der Waals surface area contributed by atoms with E-state index in [-0.39, 0.29) is 16.3 Å². The Morgan fingerprint density at radius 3 is 2.59 bits per heavy atom. The van der Waals surface area contributed by atoms with Gasteiger partial charge >= 0.3 is 11.6 Å². The van der Waals surface area contributed by atoms with Gasteiger partial charge in [0.2, 0.25) is 0 Å². The van der Waals surface area contributed by atoms with Gasteiger partial charge in [-0.1, -0.05) is 16.1 Å².